The number of unbranched alkanes of at least 4 members (excludes halogenated alkanes) is 2. The Morgan fingerprint density at radius 2 is 0.737 bits per heavy atom. The van der Waals surface area contributed by atoms with Crippen molar-refractivity contribution in [3.63, 3.8) is 0 Å². The average Bonchev–Trinajstić information content (AvgIpc) is 3.22. The van der Waals surface area contributed by atoms with E-state index in [4.69, 9.17) is 80.5 Å². The largest absolute Gasteiger partial charge is 0.382 e. The summed E-state index contributed by atoms with van der Waals surface area (Å²) < 4.78 is 98.2. The first-order valence-electron chi connectivity index (χ1n) is 20.5. The van der Waals surface area contributed by atoms with Gasteiger partial charge in [0.15, 0.2) is 6.29 Å². The van der Waals surface area contributed by atoms with Gasteiger partial charge < -0.3 is 80.5 Å². The van der Waals surface area contributed by atoms with Crippen LogP contribution in [-0.4, -0.2) is 218 Å². The molecule has 1 aliphatic heterocycles. The quantitative estimate of drug-likeness (QED) is 0.0651. The minimum Gasteiger partial charge on any atom is -0.382 e. The minimum atomic E-state index is -0.710. The smallest absolute Gasteiger partial charge is 0.186 e. The average molecular weight is 831 g/mol. The van der Waals surface area contributed by atoms with Gasteiger partial charge in [-0.2, -0.15) is 0 Å². The van der Waals surface area contributed by atoms with Gasteiger partial charge in [-0.15, -0.1) is 6.58 Å². The molecule has 0 N–H and O–H groups in total. The van der Waals surface area contributed by atoms with E-state index in [-0.39, 0.29) is 12.7 Å². The highest BCUT2D eigenvalue weighted by atomic mass is 16.7. The Bertz CT molecular complexity index is 816. The third-order valence-corrected chi connectivity index (χ3v) is 8.28. The Morgan fingerprint density at radius 1 is 0.368 bits per heavy atom. The van der Waals surface area contributed by atoms with Crippen molar-refractivity contribution in [2.75, 3.05) is 187 Å². The highest BCUT2D eigenvalue weighted by molar-refractivity contribution is 4.93. The van der Waals surface area contributed by atoms with Gasteiger partial charge in [0.25, 0.3) is 0 Å². The van der Waals surface area contributed by atoms with Crippen LogP contribution in [0.2, 0.25) is 0 Å². The molecule has 0 saturated carbocycles. The number of ether oxygens (including phenoxy) is 17. The highest BCUT2D eigenvalue weighted by Crippen LogP contribution is 2.31. The van der Waals surface area contributed by atoms with Gasteiger partial charge in [-0.1, -0.05) is 6.08 Å². The van der Waals surface area contributed by atoms with Crippen LogP contribution in [0.5, 0.6) is 0 Å². The molecule has 0 aromatic carbocycles. The van der Waals surface area contributed by atoms with Crippen molar-refractivity contribution in [1.29, 1.82) is 0 Å². The normalized spacial score (nSPS) is 19.8. The zero-order valence-corrected chi connectivity index (χ0v) is 35.6. The molecular weight excluding hydrogens is 752 g/mol. The number of allylic oxidation sites excluding steroid dienone is 1. The molecule has 4 unspecified atom stereocenters. The van der Waals surface area contributed by atoms with Crippen LogP contribution in [0.4, 0.5) is 0 Å². The molecule has 17 nitrogen and oxygen atoms in total. The van der Waals surface area contributed by atoms with E-state index in [2.05, 4.69) is 6.58 Å². The van der Waals surface area contributed by atoms with Crippen molar-refractivity contribution in [3.05, 3.63) is 12.7 Å². The molecule has 17 heteroatoms. The van der Waals surface area contributed by atoms with Crippen molar-refractivity contribution in [2.24, 2.45) is 0 Å². The summed E-state index contributed by atoms with van der Waals surface area (Å²) in [6, 6.07) is 0. The molecule has 340 valence electrons. The fourth-order valence-corrected chi connectivity index (χ4v) is 5.38. The molecule has 1 rings (SSSR count). The second-order valence-corrected chi connectivity index (χ2v) is 12.7. The lowest BCUT2D eigenvalue weighted by Gasteiger charge is -2.46. The maximum Gasteiger partial charge on any atom is 0.186 e. The molecule has 0 radical (unpaired) electrons. The predicted molar refractivity (Wildman–Crippen MR) is 211 cm³/mol. The van der Waals surface area contributed by atoms with Gasteiger partial charge in [0.2, 0.25) is 0 Å². The van der Waals surface area contributed by atoms with Crippen molar-refractivity contribution < 1.29 is 80.5 Å². The summed E-state index contributed by atoms with van der Waals surface area (Å²) in [5, 5.41) is 0. The van der Waals surface area contributed by atoms with Crippen LogP contribution < -0.4 is 0 Å². The van der Waals surface area contributed by atoms with Crippen molar-refractivity contribution in [2.45, 2.75) is 62.8 Å². The maximum atomic E-state index is 6.71. The summed E-state index contributed by atoms with van der Waals surface area (Å²) in [6.45, 7) is 14.8. The summed E-state index contributed by atoms with van der Waals surface area (Å²) in [5.74, 6) is 0. The Balaban J connectivity index is 3.03. The van der Waals surface area contributed by atoms with Gasteiger partial charge >= 0.3 is 0 Å². The van der Waals surface area contributed by atoms with Gasteiger partial charge in [-0.3, -0.25) is 0 Å². The van der Waals surface area contributed by atoms with Gasteiger partial charge in [0.05, 0.1) is 158 Å². The molecule has 0 amide bonds. The molecule has 5 atom stereocenters. The molecular formula is C40H78O17. The van der Waals surface area contributed by atoms with Gasteiger partial charge in [-0.25, -0.2) is 0 Å². The van der Waals surface area contributed by atoms with E-state index >= 15 is 0 Å². The number of hydrogen-bond donors (Lipinski definition) is 0. The van der Waals surface area contributed by atoms with Crippen LogP contribution in [-0.2, 0) is 80.5 Å². The summed E-state index contributed by atoms with van der Waals surface area (Å²) in [5.41, 5.74) is 0. The van der Waals surface area contributed by atoms with Crippen molar-refractivity contribution >= 4 is 0 Å². The molecule has 0 aromatic heterocycles. The lowest BCUT2D eigenvalue weighted by molar-refractivity contribution is -0.321. The van der Waals surface area contributed by atoms with E-state index in [1.807, 2.05) is 6.08 Å². The third-order valence-electron chi connectivity index (χ3n) is 8.28. The fourth-order valence-electron chi connectivity index (χ4n) is 5.38. The van der Waals surface area contributed by atoms with Crippen molar-refractivity contribution in [3.8, 4) is 0 Å². The van der Waals surface area contributed by atoms with Crippen LogP contribution in [0, 0.1) is 0 Å². The second-order valence-electron chi connectivity index (χ2n) is 12.7. The first-order valence-corrected chi connectivity index (χ1v) is 20.5. The van der Waals surface area contributed by atoms with E-state index in [1.54, 1.807) is 28.4 Å². The Labute approximate surface area is 342 Å². The van der Waals surface area contributed by atoms with Gasteiger partial charge in [0.1, 0.15) is 18.3 Å². The minimum absolute atomic E-state index is 0.282. The summed E-state index contributed by atoms with van der Waals surface area (Å²) in [7, 11) is 6.58. The van der Waals surface area contributed by atoms with E-state index in [0.717, 1.165) is 25.7 Å². The zero-order valence-electron chi connectivity index (χ0n) is 35.6. The molecule has 1 aliphatic rings. The first-order chi connectivity index (χ1) is 28.2. The molecule has 1 heterocycles. The monoisotopic (exact) mass is 831 g/mol. The standard InChI is InChI=1S/C40H78O17/c1-6-7-9-13-56-40-39(55-35-32-52-29-26-49-21-17-44-5)38(54-34-31-51-28-25-48-20-16-43-4)37(53-33-30-50-27-24-47-19-15-42-3)36(57-40)11-8-10-12-45-22-23-46-18-14-41-2/h6,36-40H,1,7-35H2,2-5H3/t36?,37?,38-,39?,40?/m0/s1. The van der Waals surface area contributed by atoms with Gasteiger partial charge in [0, 0.05) is 35.0 Å². The SMILES string of the molecule is C=CCCCOC1OC(CCCCOCCOCCOC)C(OCCOCCOCCOC)[C@H](OCCOCCOCCOC)C1OCCOCCOCCOC. The van der Waals surface area contributed by atoms with Crippen LogP contribution in [0.25, 0.3) is 0 Å². The molecule has 0 aliphatic carbocycles. The predicted octanol–water partition coefficient (Wildman–Crippen LogP) is 2.74. The van der Waals surface area contributed by atoms with Crippen LogP contribution in [0.3, 0.4) is 0 Å². The zero-order chi connectivity index (χ0) is 41.1. The molecule has 1 fully saturated rings. The Morgan fingerprint density at radius 3 is 1.16 bits per heavy atom. The van der Waals surface area contributed by atoms with E-state index < -0.39 is 24.6 Å². The molecule has 57 heavy (non-hydrogen) atoms. The van der Waals surface area contributed by atoms with Crippen LogP contribution in [0.15, 0.2) is 12.7 Å². The topological polar surface area (TPSA) is 157 Å². The molecule has 0 bridgehead atoms. The summed E-state index contributed by atoms with van der Waals surface area (Å²) in [6.07, 6.45) is 3.10. The van der Waals surface area contributed by atoms with Crippen LogP contribution in [0.1, 0.15) is 32.1 Å². The van der Waals surface area contributed by atoms with E-state index in [9.17, 15) is 0 Å². The summed E-state index contributed by atoms with van der Waals surface area (Å²) in [4.78, 5) is 0. The molecule has 0 aromatic rings. The summed E-state index contributed by atoms with van der Waals surface area (Å²) >= 11 is 0. The van der Waals surface area contributed by atoms with E-state index in [0.29, 0.717) is 158 Å². The maximum absolute atomic E-state index is 6.71. The first kappa shape index (κ1) is 54.1. The fraction of sp³-hybridized carbons (Fsp3) is 0.950. The second kappa shape index (κ2) is 43.2. The lowest BCUT2D eigenvalue weighted by Crippen LogP contribution is -2.61. The molecule has 1 saturated heterocycles. The molecule has 0 spiro atoms. The van der Waals surface area contributed by atoms with E-state index in [1.165, 1.54) is 0 Å². The Hall–Kier alpha value is -0.940. The third kappa shape index (κ3) is 31.6. The number of rotatable bonds is 46. The van der Waals surface area contributed by atoms with Gasteiger partial charge in [-0.05, 0) is 32.1 Å². The Kier molecular flexibility index (Phi) is 40.9. The van der Waals surface area contributed by atoms with Crippen LogP contribution >= 0.6 is 0 Å². The lowest BCUT2D eigenvalue weighted by atomic mass is 9.94. The van der Waals surface area contributed by atoms with Crippen molar-refractivity contribution in [1.82, 2.24) is 0 Å². The number of methoxy groups -OCH3 is 4. The highest BCUT2D eigenvalue weighted by Gasteiger charge is 2.48. The number of hydrogen-bond acceptors (Lipinski definition) is 17.